The smallest absolute Gasteiger partial charge is 0.292 e. The van der Waals surface area contributed by atoms with Crippen LogP contribution in [0.2, 0.25) is 5.02 Å². The molecule has 0 fully saturated rings. The maximum Gasteiger partial charge on any atom is 0.292 e. The number of fused-ring (bicyclic) bond motifs is 1. The zero-order valence-corrected chi connectivity index (χ0v) is 13.8. The van der Waals surface area contributed by atoms with Crippen molar-refractivity contribution in [3.05, 3.63) is 82.1 Å². The summed E-state index contributed by atoms with van der Waals surface area (Å²) in [5, 5.41) is 15.6. The molecule has 0 saturated heterocycles. The summed E-state index contributed by atoms with van der Waals surface area (Å²) < 4.78 is 3.12. The lowest BCUT2D eigenvalue weighted by molar-refractivity contribution is 0.805. The zero-order valence-electron chi connectivity index (χ0n) is 13.0. The van der Waals surface area contributed by atoms with E-state index in [2.05, 4.69) is 20.6 Å². The molecule has 4 rings (SSSR count). The molecule has 4 aromatic rings. The lowest BCUT2D eigenvalue weighted by atomic mass is 10.3. The Balaban J connectivity index is 1.61. The van der Waals surface area contributed by atoms with Crippen molar-refractivity contribution in [2.75, 3.05) is 5.32 Å². The van der Waals surface area contributed by atoms with Crippen LogP contribution in [-0.2, 0) is 6.54 Å². The fourth-order valence-corrected chi connectivity index (χ4v) is 2.69. The van der Waals surface area contributed by atoms with Crippen molar-refractivity contribution >= 4 is 22.9 Å². The highest BCUT2D eigenvalue weighted by atomic mass is 35.5. The lowest BCUT2D eigenvalue weighted by Crippen LogP contribution is -2.22. The van der Waals surface area contributed by atoms with Gasteiger partial charge in [0.2, 0.25) is 0 Å². The van der Waals surface area contributed by atoms with Crippen molar-refractivity contribution < 1.29 is 0 Å². The van der Waals surface area contributed by atoms with Gasteiger partial charge in [-0.15, -0.1) is 10.2 Å². The molecule has 0 aliphatic rings. The average molecular weight is 353 g/mol. The number of nitrogens with one attached hydrogen (secondary N) is 1. The molecule has 0 saturated carbocycles. The Hall–Kier alpha value is -3.19. The van der Waals surface area contributed by atoms with E-state index >= 15 is 0 Å². The second kappa shape index (κ2) is 6.37. The molecular weight excluding hydrogens is 340 g/mol. The van der Waals surface area contributed by atoms with Crippen molar-refractivity contribution in [2.45, 2.75) is 6.54 Å². The summed E-state index contributed by atoms with van der Waals surface area (Å²) in [6.07, 6.45) is 3.40. The number of anilines is 1. The summed E-state index contributed by atoms with van der Waals surface area (Å²) in [5.74, 6) is 0.707. The molecule has 0 amide bonds. The van der Waals surface area contributed by atoms with Crippen LogP contribution in [0.15, 0.2) is 65.7 Å². The number of benzene rings is 1. The molecule has 3 aromatic heterocycles. The number of pyridine rings is 1. The molecule has 0 bridgehead atoms. The van der Waals surface area contributed by atoms with Crippen molar-refractivity contribution in [1.29, 1.82) is 0 Å². The van der Waals surface area contributed by atoms with Crippen molar-refractivity contribution in [2.24, 2.45) is 0 Å². The molecule has 3 heterocycles. The van der Waals surface area contributed by atoms with E-state index in [-0.39, 0.29) is 10.6 Å². The summed E-state index contributed by atoms with van der Waals surface area (Å²) >= 11 is 6.23. The number of hydrogen-bond donors (Lipinski definition) is 1. The van der Waals surface area contributed by atoms with Crippen LogP contribution in [0.3, 0.4) is 0 Å². The Kier molecular flexibility index (Phi) is 3.91. The van der Waals surface area contributed by atoms with Gasteiger partial charge in [0.1, 0.15) is 5.02 Å². The number of nitrogens with zero attached hydrogens (tertiary/aromatic N) is 5. The minimum absolute atomic E-state index is 0.0765. The number of aromatic nitrogens is 5. The predicted molar refractivity (Wildman–Crippen MR) is 95.2 cm³/mol. The van der Waals surface area contributed by atoms with Crippen molar-refractivity contribution in [3.8, 4) is 5.69 Å². The van der Waals surface area contributed by atoms with Gasteiger partial charge in [0.05, 0.1) is 24.1 Å². The number of para-hydroxylation sites is 1. The highest BCUT2D eigenvalue weighted by molar-refractivity contribution is 6.32. The topological polar surface area (TPSA) is 77.1 Å². The molecule has 25 heavy (non-hydrogen) atoms. The summed E-state index contributed by atoms with van der Waals surface area (Å²) in [6, 6.07) is 14.8. The molecule has 0 radical (unpaired) electrons. The van der Waals surface area contributed by atoms with Crippen LogP contribution in [0.4, 0.5) is 5.69 Å². The SMILES string of the molecule is O=c1c(Cl)c(NCc2nnc3ccccn23)cnn1-c1ccccc1. The van der Waals surface area contributed by atoms with Gasteiger partial charge >= 0.3 is 0 Å². The van der Waals surface area contributed by atoms with Crippen LogP contribution < -0.4 is 10.9 Å². The van der Waals surface area contributed by atoms with Gasteiger partial charge in [0, 0.05) is 6.20 Å². The Morgan fingerprint density at radius 1 is 1.04 bits per heavy atom. The van der Waals surface area contributed by atoms with E-state index in [1.165, 1.54) is 10.9 Å². The van der Waals surface area contributed by atoms with Crippen LogP contribution >= 0.6 is 11.6 Å². The predicted octanol–water partition coefficient (Wildman–Crippen LogP) is 2.54. The van der Waals surface area contributed by atoms with E-state index in [1.54, 1.807) is 12.1 Å². The Labute approximate surface area is 147 Å². The van der Waals surface area contributed by atoms with Gasteiger partial charge in [0.25, 0.3) is 5.56 Å². The minimum Gasteiger partial charge on any atom is -0.375 e. The quantitative estimate of drug-likeness (QED) is 0.610. The first-order chi connectivity index (χ1) is 12.2. The molecule has 124 valence electrons. The van der Waals surface area contributed by atoms with Gasteiger partial charge in [-0.05, 0) is 24.3 Å². The number of rotatable bonds is 4. The van der Waals surface area contributed by atoms with E-state index in [0.29, 0.717) is 23.7 Å². The summed E-state index contributed by atoms with van der Waals surface area (Å²) in [5.41, 5.74) is 1.47. The fraction of sp³-hybridized carbons (Fsp3) is 0.0588. The molecule has 7 nitrogen and oxygen atoms in total. The highest BCUT2D eigenvalue weighted by Crippen LogP contribution is 2.17. The van der Waals surface area contributed by atoms with Gasteiger partial charge in [-0.25, -0.2) is 0 Å². The first-order valence-electron chi connectivity index (χ1n) is 7.60. The third-order valence-electron chi connectivity index (χ3n) is 3.74. The van der Waals surface area contributed by atoms with E-state index in [0.717, 1.165) is 5.65 Å². The van der Waals surface area contributed by atoms with E-state index in [9.17, 15) is 4.79 Å². The molecular formula is C17H13ClN6O. The first-order valence-corrected chi connectivity index (χ1v) is 7.97. The van der Waals surface area contributed by atoms with Gasteiger partial charge < -0.3 is 5.32 Å². The van der Waals surface area contributed by atoms with Crippen LogP contribution in [0.5, 0.6) is 0 Å². The average Bonchev–Trinajstić information content (AvgIpc) is 3.07. The molecule has 1 aromatic carbocycles. The largest absolute Gasteiger partial charge is 0.375 e. The summed E-state index contributed by atoms with van der Waals surface area (Å²) in [6.45, 7) is 0.362. The molecule has 0 aliphatic carbocycles. The Morgan fingerprint density at radius 2 is 1.84 bits per heavy atom. The molecule has 0 unspecified atom stereocenters. The summed E-state index contributed by atoms with van der Waals surface area (Å²) in [7, 11) is 0. The van der Waals surface area contributed by atoms with Crippen molar-refractivity contribution in [1.82, 2.24) is 24.4 Å². The van der Waals surface area contributed by atoms with Crippen LogP contribution in [0, 0.1) is 0 Å². The van der Waals surface area contributed by atoms with E-state index < -0.39 is 0 Å². The van der Waals surface area contributed by atoms with Crippen LogP contribution in [-0.4, -0.2) is 24.4 Å². The molecule has 1 N–H and O–H groups in total. The van der Waals surface area contributed by atoms with Gasteiger partial charge in [-0.1, -0.05) is 35.9 Å². The number of halogens is 1. The normalized spacial score (nSPS) is 10.9. The standard InChI is InChI=1S/C17H13ClN6O/c18-16-13(10-20-24(17(16)25)12-6-2-1-3-7-12)19-11-15-22-21-14-8-4-5-9-23(14)15/h1-10,19H,11H2. The monoisotopic (exact) mass is 352 g/mol. The highest BCUT2D eigenvalue weighted by Gasteiger charge is 2.11. The van der Waals surface area contributed by atoms with Gasteiger partial charge in [0.15, 0.2) is 11.5 Å². The lowest BCUT2D eigenvalue weighted by Gasteiger charge is -2.09. The third-order valence-corrected chi connectivity index (χ3v) is 4.11. The molecule has 8 heteroatoms. The number of hydrogen-bond acceptors (Lipinski definition) is 5. The third kappa shape index (κ3) is 2.85. The molecule has 0 spiro atoms. The second-order valence-corrected chi connectivity index (χ2v) is 5.70. The zero-order chi connectivity index (χ0) is 17.2. The Bertz CT molecular complexity index is 1090. The maximum absolute atomic E-state index is 12.5. The second-order valence-electron chi connectivity index (χ2n) is 5.32. The summed E-state index contributed by atoms with van der Waals surface area (Å²) in [4.78, 5) is 12.5. The van der Waals surface area contributed by atoms with E-state index in [4.69, 9.17) is 11.6 Å². The van der Waals surface area contributed by atoms with Gasteiger partial charge in [-0.3, -0.25) is 9.20 Å². The molecule has 0 aliphatic heterocycles. The molecule has 0 atom stereocenters. The fourth-order valence-electron chi connectivity index (χ4n) is 2.49. The van der Waals surface area contributed by atoms with Crippen LogP contribution in [0.25, 0.3) is 11.3 Å². The Morgan fingerprint density at radius 3 is 2.68 bits per heavy atom. The minimum atomic E-state index is -0.385. The van der Waals surface area contributed by atoms with Crippen LogP contribution in [0.1, 0.15) is 5.82 Å². The maximum atomic E-state index is 12.5. The first kappa shape index (κ1) is 15.3. The van der Waals surface area contributed by atoms with Crippen molar-refractivity contribution in [3.63, 3.8) is 0 Å². The van der Waals surface area contributed by atoms with E-state index in [1.807, 2.05) is 47.0 Å². The van der Waals surface area contributed by atoms with Gasteiger partial charge in [-0.2, -0.15) is 9.78 Å².